The van der Waals surface area contributed by atoms with Gasteiger partial charge in [0.15, 0.2) is 0 Å². The minimum atomic E-state index is -1.04. The van der Waals surface area contributed by atoms with Crippen molar-refractivity contribution in [2.45, 2.75) is 0 Å². The van der Waals surface area contributed by atoms with Crippen molar-refractivity contribution in [1.82, 2.24) is 9.78 Å². The predicted octanol–water partition coefficient (Wildman–Crippen LogP) is 2.32. The van der Waals surface area contributed by atoms with Gasteiger partial charge in [-0.2, -0.15) is 5.10 Å². The van der Waals surface area contributed by atoms with Gasteiger partial charge in [-0.15, -0.1) is 0 Å². The Balaban J connectivity index is 2.50. The van der Waals surface area contributed by atoms with Crippen molar-refractivity contribution in [2.24, 2.45) is 7.05 Å². The molecule has 5 heteroatoms. The summed E-state index contributed by atoms with van der Waals surface area (Å²) in [4.78, 5) is 10.5. The van der Waals surface area contributed by atoms with E-state index in [4.69, 9.17) is 5.11 Å². The first kappa shape index (κ1) is 12.0. The van der Waals surface area contributed by atoms with E-state index in [0.29, 0.717) is 16.8 Å². The fourth-order valence-electron chi connectivity index (χ4n) is 1.73. The molecule has 4 nitrogen and oxygen atoms in total. The fraction of sp³-hybridized carbons (Fsp3) is 0.0769. The molecule has 92 valence electrons. The van der Waals surface area contributed by atoms with Crippen molar-refractivity contribution in [3.05, 3.63) is 47.9 Å². The molecule has 1 aromatic carbocycles. The third kappa shape index (κ3) is 2.45. The van der Waals surface area contributed by atoms with Gasteiger partial charge in [-0.05, 0) is 18.2 Å². The Labute approximate surface area is 103 Å². The normalized spacial score (nSPS) is 11.0. The van der Waals surface area contributed by atoms with E-state index in [9.17, 15) is 9.18 Å². The van der Waals surface area contributed by atoms with Gasteiger partial charge in [0.2, 0.25) is 0 Å². The van der Waals surface area contributed by atoms with Crippen LogP contribution in [0.2, 0.25) is 0 Å². The average Bonchev–Trinajstić information content (AvgIpc) is 2.68. The van der Waals surface area contributed by atoms with Crippen LogP contribution in [0.4, 0.5) is 4.39 Å². The molecule has 0 atom stereocenters. The van der Waals surface area contributed by atoms with E-state index in [1.165, 1.54) is 18.2 Å². The molecule has 0 fully saturated rings. The number of aliphatic carboxylic acids is 1. The standard InChI is InChI=1S/C13H11FN2O2/c1-16-13(9-3-2-4-11(14)7-9)10(8-15-16)5-6-12(17)18/h2-8H,1H3,(H,17,18). The van der Waals surface area contributed by atoms with Gasteiger partial charge in [0, 0.05) is 24.3 Å². The number of carboxylic acids is 1. The highest BCUT2D eigenvalue weighted by Crippen LogP contribution is 2.24. The molecule has 1 aromatic heterocycles. The zero-order valence-electron chi connectivity index (χ0n) is 9.67. The smallest absolute Gasteiger partial charge is 0.328 e. The van der Waals surface area contributed by atoms with E-state index in [-0.39, 0.29) is 5.82 Å². The van der Waals surface area contributed by atoms with Gasteiger partial charge >= 0.3 is 5.97 Å². The van der Waals surface area contributed by atoms with Crippen LogP contribution < -0.4 is 0 Å². The lowest BCUT2D eigenvalue weighted by molar-refractivity contribution is -0.131. The summed E-state index contributed by atoms with van der Waals surface area (Å²) in [6, 6.07) is 6.09. The molecule has 0 aliphatic heterocycles. The topological polar surface area (TPSA) is 55.1 Å². The second kappa shape index (κ2) is 4.83. The molecule has 0 aliphatic rings. The molecule has 0 saturated heterocycles. The van der Waals surface area contributed by atoms with Crippen molar-refractivity contribution in [3.63, 3.8) is 0 Å². The second-order valence-electron chi connectivity index (χ2n) is 3.75. The maximum Gasteiger partial charge on any atom is 0.328 e. The molecule has 1 heterocycles. The minimum absolute atomic E-state index is 0.345. The van der Waals surface area contributed by atoms with E-state index in [2.05, 4.69) is 5.10 Å². The molecule has 0 unspecified atom stereocenters. The molecule has 0 spiro atoms. The number of halogens is 1. The van der Waals surface area contributed by atoms with Gasteiger partial charge in [0.05, 0.1) is 11.9 Å². The molecule has 0 aliphatic carbocycles. The van der Waals surface area contributed by atoms with E-state index < -0.39 is 5.97 Å². The molecular formula is C13H11FN2O2. The number of carbonyl (C=O) groups is 1. The number of rotatable bonds is 3. The molecule has 0 amide bonds. The summed E-state index contributed by atoms with van der Waals surface area (Å²) in [7, 11) is 1.72. The molecule has 0 saturated carbocycles. The highest BCUT2D eigenvalue weighted by molar-refractivity contribution is 5.87. The third-order valence-corrected chi connectivity index (χ3v) is 2.47. The Morgan fingerprint density at radius 3 is 2.94 bits per heavy atom. The molecule has 0 radical (unpaired) electrons. The molecule has 1 N–H and O–H groups in total. The van der Waals surface area contributed by atoms with Crippen molar-refractivity contribution >= 4 is 12.0 Å². The van der Waals surface area contributed by atoms with Crippen molar-refractivity contribution in [3.8, 4) is 11.3 Å². The average molecular weight is 246 g/mol. The van der Waals surface area contributed by atoms with Crippen molar-refractivity contribution < 1.29 is 14.3 Å². The molecule has 18 heavy (non-hydrogen) atoms. The Morgan fingerprint density at radius 2 is 2.28 bits per heavy atom. The van der Waals surface area contributed by atoms with Crippen LogP contribution in [0.5, 0.6) is 0 Å². The van der Waals surface area contributed by atoms with Crippen LogP contribution in [0.25, 0.3) is 17.3 Å². The molecule has 0 bridgehead atoms. The minimum Gasteiger partial charge on any atom is -0.478 e. The number of benzene rings is 1. The van der Waals surface area contributed by atoms with E-state index in [0.717, 1.165) is 6.08 Å². The Bertz CT molecular complexity index is 617. The number of hydrogen-bond acceptors (Lipinski definition) is 2. The third-order valence-electron chi connectivity index (χ3n) is 2.47. The number of aromatic nitrogens is 2. The molecule has 2 aromatic rings. The quantitative estimate of drug-likeness (QED) is 0.845. The second-order valence-corrected chi connectivity index (χ2v) is 3.75. The Hall–Kier alpha value is -2.43. The Kier molecular flexibility index (Phi) is 3.23. The van der Waals surface area contributed by atoms with Crippen LogP contribution in [-0.4, -0.2) is 20.9 Å². The lowest BCUT2D eigenvalue weighted by Crippen LogP contribution is -1.95. The van der Waals surface area contributed by atoms with E-state index in [1.54, 1.807) is 30.1 Å². The van der Waals surface area contributed by atoms with Crippen molar-refractivity contribution in [1.29, 1.82) is 0 Å². The highest BCUT2D eigenvalue weighted by atomic mass is 19.1. The van der Waals surface area contributed by atoms with Crippen molar-refractivity contribution in [2.75, 3.05) is 0 Å². The SMILES string of the molecule is Cn1ncc(C=CC(=O)O)c1-c1cccc(F)c1. The van der Waals surface area contributed by atoms with Crippen LogP contribution >= 0.6 is 0 Å². The van der Waals surface area contributed by atoms with Gasteiger partial charge in [-0.25, -0.2) is 9.18 Å². The summed E-state index contributed by atoms with van der Waals surface area (Å²) in [5, 5.41) is 12.7. The van der Waals surface area contributed by atoms with Gasteiger partial charge in [-0.1, -0.05) is 12.1 Å². The summed E-state index contributed by atoms with van der Waals surface area (Å²) >= 11 is 0. The van der Waals surface area contributed by atoms with Crippen LogP contribution in [0.3, 0.4) is 0 Å². The lowest BCUT2D eigenvalue weighted by atomic mass is 10.1. The lowest BCUT2D eigenvalue weighted by Gasteiger charge is -2.04. The zero-order valence-corrected chi connectivity index (χ0v) is 9.67. The number of hydrogen-bond donors (Lipinski definition) is 1. The largest absolute Gasteiger partial charge is 0.478 e. The summed E-state index contributed by atoms with van der Waals surface area (Å²) in [5.41, 5.74) is 1.96. The summed E-state index contributed by atoms with van der Waals surface area (Å²) in [5.74, 6) is -1.38. The maximum absolute atomic E-state index is 13.2. The van der Waals surface area contributed by atoms with E-state index in [1.807, 2.05) is 0 Å². The summed E-state index contributed by atoms with van der Waals surface area (Å²) < 4.78 is 14.8. The van der Waals surface area contributed by atoms with Crippen LogP contribution in [0.15, 0.2) is 36.5 Å². The summed E-state index contributed by atoms with van der Waals surface area (Å²) in [6.07, 6.45) is 4.01. The first-order valence-corrected chi connectivity index (χ1v) is 5.27. The molecular weight excluding hydrogens is 235 g/mol. The van der Waals surface area contributed by atoms with Crippen LogP contribution in [0, 0.1) is 5.82 Å². The van der Waals surface area contributed by atoms with Crippen LogP contribution in [-0.2, 0) is 11.8 Å². The monoisotopic (exact) mass is 246 g/mol. The van der Waals surface area contributed by atoms with Gasteiger partial charge in [0.25, 0.3) is 0 Å². The van der Waals surface area contributed by atoms with Gasteiger partial charge in [-0.3, -0.25) is 4.68 Å². The fourth-order valence-corrected chi connectivity index (χ4v) is 1.73. The number of carboxylic acid groups (broad SMARTS) is 1. The van der Waals surface area contributed by atoms with Gasteiger partial charge < -0.3 is 5.11 Å². The predicted molar refractivity (Wildman–Crippen MR) is 65.3 cm³/mol. The maximum atomic E-state index is 13.2. The summed E-state index contributed by atoms with van der Waals surface area (Å²) in [6.45, 7) is 0. The first-order chi connectivity index (χ1) is 8.58. The highest BCUT2D eigenvalue weighted by Gasteiger charge is 2.09. The first-order valence-electron chi connectivity index (χ1n) is 5.27. The van der Waals surface area contributed by atoms with E-state index >= 15 is 0 Å². The molecule has 2 rings (SSSR count). The number of nitrogens with zero attached hydrogens (tertiary/aromatic N) is 2. The zero-order chi connectivity index (χ0) is 13.1. The van der Waals surface area contributed by atoms with Crippen LogP contribution in [0.1, 0.15) is 5.56 Å². The van der Waals surface area contributed by atoms with Gasteiger partial charge in [0.1, 0.15) is 5.82 Å². The number of aryl methyl sites for hydroxylation is 1. The Morgan fingerprint density at radius 1 is 1.50 bits per heavy atom.